The first-order valence-electron chi connectivity index (χ1n) is 16.4. The van der Waals surface area contributed by atoms with Gasteiger partial charge in [-0.3, -0.25) is 0 Å². The summed E-state index contributed by atoms with van der Waals surface area (Å²) in [6, 6.07) is 0. The molecule has 42 heavy (non-hydrogen) atoms. The molecule has 4 atom stereocenters. The quantitative estimate of drug-likeness (QED) is 0.213. The highest BCUT2D eigenvalue weighted by Crippen LogP contribution is 2.49. The summed E-state index contributed by atoms with van der Waals surface area (Å²) in [4.78, 5) is 0. The first-order valence-corrected chi connectivity index (χ1v) is 16.4. The van der Waals surface area contributed by atoms with E-state index >= 15 is 0 Å². The molecule has 0 heterocycles. The van der Waals surface area contributed by atoms with E-state index in [-0.39, 0.29) is 47.2 Å². The zero-order valence-corrected chi connectivity index (χ0v) is 28.5. The molecule has 0 spiro atoms. The van der Waals surface area contributed by atoms with E-state index in [9.17, 15) is 10.2 Å². The van der Waals surface area contributed by atoms with E-state index in [0.29, 0.717) is 0 Å². The van der Waals surface area contributed by atoms with Crippen molar-refractivity contribution in [2.24, 2.45) is 34.0 Å². The van der Waals surface area contributed by atoms with Crippen LogP contribution in [-0.2, 0) is 0 Å². The predicted molar refractivity (Wildman–Crippen MR) is 182 cm³/mol. The molecule has 0 aromatic rings. The lowest BCUT2D eigenvalue weighted by molar-refractivity contribution is 0.0443. The Hall–Kier alpha value is -2.16. The van der Waals surface area contributed by atoms with Crippen LogP contribution < -0.4 is 0 Å². The van der Waals surface area contributed by atoms with Crippen molar-refractivity contribution in [3.8, 4) is 0 Å². The zero-order valence-electron chi connectivity index (χ0n) is 28.5. The minimum atomic E-state index is -0.332. The third-order valence-corrected chi connectivity index (χ3v) is 10.8. The van der Waals surface area contributed by atoms with Gasteiger partial charge in [-0.1, -0.05) is 117 Å². The fraction of sp³-hybridized carbons (Fsp3) is 0.600. The van der Waals surface area contributed by atoms with Gasteiger partial charge in [0.05, 0.1) is 0 Å². The summed E-state index contributed by atoms with van der Waals surface area (Å²) in [5.41, 5.74) is 9.71. The average molecular weight is 573 g/mol. The van der Waals surface area contributed by atoms with Crippen LogP contribution in [0.15, 0.2) is 93.7 Å². The summed E-state index contributed by atoms with van der Waals surface area (Å²) in [5.74, 6) is 0.00592. The van der Waals surface area contributed by atoms with Crippen molar-refractivity contribution in [3.63, 3.8) is 0 Å². The normalized spacial score (nSPS) is 31.1. The number of aliphatic hydroxyl groups is 2. The van der Waals surface area contributed by atoms with Gasteiger partial charge < -0.3 is 10.2 Å². The molecule has 232 valence electrons. The number of hydrogen-bond donors (Lipinski definition) is 2. The van der Waals surface area contributed by atoms with Crippen LogP contribution in [0.4, 0.5) is 0 Å². The lowest BCUT2D eigenvalue weighted by Crippen LogP contribution is -2.44. The molecule has 0 saturated carbocycles. The summed E-state index contributed by atoms with van der Waals surface area (Å²) in [6.07, 6.45) is 27.9. The fourth-order valence-corrected chi connectivity index (χ4v) is 7.89. The van der Waals surface area contributed by atoms with Crippen LogP contribution in [0.2, 0.25) is 0 Å². The Bertz CT molecular complexity index is 1220. The molecule has 0 aromatic carbocycles. The average Bonchev–Trinajstić information content (AvgIpc) is 2.89. The molecule has 2 heteroatoms. The molecular weight excluding hydrogens is 512 g/mol. The van der Waals surface area contributed by atoms with E-state index in [2.05, 4.69) is 124 Å². The molecule has 0 aromatic heterocycles. The van der Waals surface area contributed by atoms with Gasteiger partial charge in [-0.25, -0.2) is 0 Å². The van der Waals surface area contributed by atoms with Gasteiger partial charge in [0.1, 0.15) is 0 Å². The van der Waals surface area contributed by atoms with E-state index in [1.807, 2.05) is 0 Å². The molecule has 2 N–H and O–H groups in total. The van der Waals surface area contributed by atoms with Gasteiger partial charge in [-0.15, -0.1) is 0 Å². The van der Waals surface area contributed by atoms with Crippen LogP contribution in [0.5, 0.6) is 0 Å². The molecule has 0 aliphatic heterocycles. The van der Waals surface area contributed by atoms with Crippen LogP contribution >= 0.6 is 0 Å². The lowest BCUT2D eigenvalue weighted by Gasteiger charge is -2.47. The van der Waals surface area contributed by atoms with Crippen molar-refractivity contribution >= 4 is 0 Å². The maximum absolute atomic E-state index is 10.6. The van der Waals surface area contributed by atoms with Gasteiger partial charge >= 0.3 is 0 Å². The van der Waals surface area contributed by atoms with E-state index < -0.39 is 0 Å². The summed E-state index contributed by atoms with van der Waals surface area (Å²) >= 11 is 0. The topological polar surface area (TPSA) is 40.5 Å². The Labute approximate surface area is 258 Å². The largest absolute Gasteiger partial charge is 0.396 e. The number of rotatable bonds is 9. The van der Waals surface area contributed by atoms with E-state index in [0.717, 1.165) is 0 Å². The Morgan fingerprint density at radius 1 is 0.810 bits per heavy atom. The second kappa shape index (κ2) is 14.1. The first-order chi connectivity index (χ1) is 19.7. The van der Waals surface area contributed by atoms with Crippen molar-refractivity contribution in [2.45, 2.75) is 108 Å². The molecule has 3 rings (SSSR count). The maximum atomic E-state index is 10.6. The Morgan fingerprint density at radius 2 is 1.33 bits per heavy atom. The summed E-state index contributed by atoms with van der Waals surface area (Å²) < 4.78 is 0. The molecule has 0 bridgehead atoms. The highest BCUT2D eigenvalue weighted by Gasteiger charge is 2.45. The monoisotopic (exact) mass is 572 g/mol. The minimum Gasteiger partial charge on any atom is -0.396 e. The Kier molecular flexibility index (Phi) is 11.5. The molecule has 0 unspecified atom stereocenters. The van der Waals surface area contributed by atoms with Crippen molar-refractivity contribution in [3.05, 3.63) is 93.7 Å². The van der Waals surface area contributed by atoms with Gasteiger partial charge in [0.15, 0.2) is 0 Å². The van der Waals surface area contributed by atoms with Crippen molar-refractivity contribution < 1.29 is 10.2 Å². The number of aliphatic hydroxyl groups excluding tert-OH is 2. The van der Waals surface area contributed by atoms with Gasteiger partial charge in [0, 0.05) is 36.4 Å². The third kappa shape index (κ3) is 7.86. The number of allylic oxidation sites excluding steroid dienone is 15. The third-order valence-electron chi connectivity index (χ3n) is 10.8. The highest BCUT2D eigenvalue weighted by atomic mass is 16.3. The zero-order chi connectivity index (χ0) is 31.3. The Morgan fingerprint density at radius 3 is 1.81 bits per heavy atom. The van der Waals surface area contributed by atoms with Crippen LogP contribution in [-0.4, -0.2) is 23.4 Å². The molecule has 3 aliphatic carbocycles. The predicted octanol–water partition coefficient (Wildman–Crippen LogP) is 10.4. The van der Waals surface area contributed by atoms with Gasteiger partial charge in [-0.05, 0) is 95.1 Å². The van der Waals surface area contributed by atoms with Crippen molar-refractivity contribution in [1.82, 2.24) is 0 Å². The molecule has 0 amide bonds. The second-order valence-corrected chi connectivity index (χ2v) is 15.1. The molecule has 0 fully saturated rings. The van der Waals surface area contributed by atoms with Crippen molar-refractivity contribution in [2.75, 3.05) is 13.2 Å². The molecule has 0 saturated heterocycles. The molecular formula is C40H60O2. The highest BCUT2D eigenvalue weighted by molar-refractivity contribution is 5.39. The SMILES string of the molecule is CC1=C[C@@H](/C=C(C)/C=C/C2=C(C)CCCC2(C)C)[C@@](C)(/C=C/C=C(C)/C=C/C2=C(C)CCCC2(C)C)[C@H](CO)[C@@H]1CO. The summed E-state index contributed by atoms with van der Waals surface area (Å²) in [7, 11) is 0. The van der Waals surface area contributed by atoms with Crippen LogP contribution in [0.3, 0.4) is 0 Å². The van der Waals surface area contributed by atoms with Gasteiger partial charge in [0.25, 0.3) is 0 Å². The van der Waals surface area contributed by atoms with Crippen LogP contribution in [0.1, 0.15) is 108 Å². The minimum absolute atomic E-state index is 0.0435. The van der Waals surface area contributed by atoms with Crippen LogP contribution in [0, 0.1) is 34.0 Å². The van der Waals surface area contributed by atoms with Crippen molar-refractivity contribution in [1.29, 1.82) is 0 Å². The summed E-state index contributed by atoms with van der Waals surface area (Å²) in [5, 5.41) is 20.9. The lowest BCUT2D eigenvalue weighted by atomic mass is 9.58. The smallest absolute Gasteiger partial charge is 0.0500 e. The van der Waals surface area contributed by atoms with E-state index in [4.69, 9.17) is 0 Å². The second-order valence-electron chi connectivity index (χ2n) is 15.1. The van der Waals surface area contributed by atoms with E-state index in [1.165, 1.54) is 77.5 Å². The maximum Gasteiger partial charge on any atom is 0.0500 e. The summed E-state index contributed by atoms with van der Waals surface area (Å²) in [6.45, 7) is 22.8. The molecule has 2 nitrogen and oxygen atoms in total. The van der Waals surface area contributed by atoms with E-state index in [1.54, 1.807) is 0 Å². The first kappa shape index (κ1) is 34.3. The standard InChI is InChI=1S/C40H60O2/c1-28(17-19-35-30(3)15-12-21-38(35,6)7)14-11-23-40(10)33(25-32(5)34(26-41)37(40)27-42)24-29(2)18-20-36-31(4)16-13-22-39(36,8)9/h11,14,17-20,23-25,33-34,37,41-42H,12-13,15-16,21-22,26-27H2,1-10H3/b19-17+,20-18+,23-11+,28-14+,29-24+/t33-,34-,37-,40-/m1/s1. The molecule has 0 radical (unpaired) electrons. The molecule has 3 aliphatic rings. The van der Waals surface area contributed by atoms with Crippen LogP contribution in [0.25, 0.3) is 0 Å². The van der Waals surface area contributed by atoms with Gasteiger partial charge in [0.2, 0.25) is 0 Å². The van der Waals surface area contributed by atoms with Gasteiger partial charge in [-0.2, -0.15) is 0 Å². The number of hydrogen-bond acceptors (Lipinski definition) is 2. The Balaban J connectivity index is 1.93. The fourth-order valence-electron chi connectivity index (χ4n) is 7.89.